The van der Waals surface area contributed by atoms with E-state index in [1.54, 1.807) is 17.0 Å². The van der Waals surface area contributed by atoms with Crippen LogP contribution in [0.25, 0.3) is 0 Å². The molecule has 1 unspecified atom stereocenters. The standard InChI is InChI=1S/C13H22ClN3O/c1-5-10(6-7-14)16-11-12(18)17(9-8-15-11)13(2,3)4/h8-10H,5-7H2,1-4H3,(H,15,16). The largest absolute Gasteiger partial charge is 0.363 e. The molecule has 0 spiro atoms. The lowest BCUT2D eigenvalue weighted by atomic mass is 10.1. The molecule has 1 heterocycles. The molecule has 0 radical (unpaired) electrons. The zero-order chi connectivity index (χ0) is 13.8. The molecule has 0 aliphatic carbocycles. The van der Waals surface area contributed by atoms with Gasteiger partial charge in [0, 0.05) is 29.9 Å². The van der Waals surface area contributed by atoms with Crippen LogP contribution in [0.3, 0.4) is 0 Å². The topological polar surface area (TPSA) is 46.9 Å². The van der Waals surface area contributed by atoms with Crippen LogP contribution >= 0.6 is 11.6 Å². The van der Waals surface area contributed by atoms with Crippen molar-refractivity contribution in [3.05, 3.63) is 22.7 Å². The van der Waals surface area contributed by atoms with E-state index in [4.69, 9.17) is 11.6 Å². The fourth-order valence-electron chi connectivity index (χ4n) is 1.74. The third-order valence-corrected chi connectivity index (χ3v) is 3.07. The van der Waals surface area contributed by atoms with E-state index < -0.39 is 0 Å². The highest BCUT2D eigenvalue weighted by atomic mass is 35.5. The fourth-order valence-corrected chi connectivity index (χ4v) is 2.01. The first kappa shape index (κ1) is 15.0. The Morgan fingerprint density at radius 1 is 1.50 bits per heavy atom. The first-order valence-electron chi connectivity index (χ1n) is 6.30. The number of alkyl halides is 1. The van der Waals surface area contributed by atoms with Crippen molar-refractivity contribution in [1.29, 1.82) is 0 Å². The summed E-state index contributed by atoms with van der Waals surface area (Å²) in [6.07, 6.45) is 5.11. The third-order valence-electron chi connectivity index (χ3n) is 2.85. The van der Waals surface area contributed by atoms with E-state index in [-0.39, 0.29) is 17.1 Å². The second kappa shape index (κ2) is 6.23. The molecule has 0 aliphatic rings. The van der Waals surface area contributed by atoms with Gasteiger partial charge in [-0.3, -0.25) is 4.79 Å². The number of hydrogen-bond acceptors (Lipinski definition) is 3. The van der Waals surface area contributed by atoms with Gasteiger partial charge in [0.05, 0.1) is 0 Å². The predicted octanol–water partition coefficient (Wildman–Crippen LogP) is 2.82. The van der Waals surface area contributed by atoms with E-state index in [9.17, 15) is 4.79 Å². The molecule has 1 atom stereocenters. The number of rotatable bonds is 5. The van der Waals surface area contributed by atoms with Crippen LogP contribution in [0.2, 0.25) is 0 Å². The minimum Gasteiger partial charge on any atom is -0.363 e. The van der Waals surface area contributed by atoms with Gasteiger partial charge in [0.1, 0.15) is 0 Å². The van der Waals surface area contributed by atoms with Gasteiger partial charge in [-0.05, 0) is 33.6 Å². The van der Waals surface area contributed by atoms with Crippen molar-refractivity contribution in [2.45, 2.75) is 52.1 Å². The molecule has 1 rings (SSSR count). The lowest BCUT2D eigenvalue weighted by Crippen LogP contribution is -2.36. The first-order valence-corrected chi connectivity index (χ1v) is 6.84. The summed E-state index contributed by atoms with van der Waals surface area (Å²) in [6, 6.07) is 0.193. The van der Waals surface area contributed by atoms with Gasteiger partial charge in [0.25, 0.3) is 5.56 Å². The third kappa shape index (κ3) is 3.73. The zero-order valence-corrected chi connectivity index (χ0v) is 12.3. The van der Waals surface area contributed by atoms with Gasteiger partial charge in [-0.2, -0.15) is 0 Å². The highest BCUT2D eigenvalue weighted by Crippen LogP contribution is 2.12. The Hall–Kier alpha value is -1.03. The highest BCUT2D eigenvalue weighted by Gasteiger charge is 2.17. The molecule has 0 fully saturated rings. The van der Waals surface area contributed by atoms with Crippen molar-refractivity contribution in [1.82, 2.24) is 9.55 Å². The number of halogens is 1. The molecule has 18 heavy (non-hydrogen) atoms. The summed E-state index contributed by atoms with van der Waals surface area (Å²) in [5.41, 5.74) is -0.331. The van der Waals surface area contributed by atoms with E-state index in [1.165, 1.54) is 0 Å². The zero-order valence-electron chi connectivity index (χ0n) is 11.5. The normalized spacial score (nSPS) is 13.4. The van der Waals surface area contributed by atoms with Crippen molar-refractivity contribution in [3.63, 3.8) is 0 Å². The summed E-state index contributed by atoms with van der Waals surface area (Å²) in [5, 5.41) is 3.18. The number of nitrogens with zero attached hydrogens (tertiary/aromatic N) is 2. The minimum absolute atomic E-state index is 0.0852. The molecule has 0 aromatic carbocycles. The van der Waals surface area contributed by atoms with E-state index in [2.05, 4.69) is 17.2 Å². The molecule has 5 heteroatoms. The first-order chi connectivity index (χ1) is 8.40. The van der Waals surface area contributed by atoms with Crippen molar-refractivity contribution >= 4 is 17.4 Å². The van der Waals surface area contributed by atoms with E-state index >= 15 is 0 Å². The Balaban J connectivity index is 3.01. The molecule has 4 nitrogen and oxygen atoms in total. The van der Waals surface area contributed by atoms with Crippen LogP contribution in [0.5, 0.6) is 0 Å². The van der Waals surface area contributed by atoms with Crippen LogP contribution < -0.4 is 10.9 Å². The fraction of sp³-hybridized carbons (Fsp3) is 0.692. The molecule has 1 aromatic heterocycles. The quantitative estimate of drug-likeness (QED) is 0.838. The van der Waals surface area contributed by atoms with Crippen LogP contribution in [0.15, 0.2) is 17.2 Å². The summed E-state index contributed by atoms with van der Waals surface area (Å²) >= 11 is 5.74. The Bertz CT molecular complexity index is 437. The van der Waals surface area contributed by atoms with Gasteiger partial charge in [-0.25, -0.2) is 4.98 Å². The lowest BCUT2D eigenvalue weighted by molar-refractivity contribution is 0.383. The lowest BCUT2D eigenvalue weighted by Gasteiger charge is -2.23. The van der Waals surface area contributed by atoms with Gasteiger partial charge in [0.2, 0.25) is 0 Å². The average molecular weight is 272 g/mol. The molecular formula is C13H22ClN3O. The van der Waals surface area contributed by atoms with E-state index in [1.807, 2.05) is 20.8 Å². The maximum absolute atomic E-state index is 12.3. The van der Waals surface area contributed by atoms with Crippen LogP contribution in [0.4, 0.5) is 5.82 Å². The molecule has 102 valence electrons. The van der Waals surface area contributed by atoms with E-state index in [0.29, 0.717) is 11.7 Å². The molecule has 0 saturated carbocycles. The summed E-state index contributed by atoms with van der Waals surface area (Å²) in [6.45, 7) is 8.05. The second-order valence-corrected chi connectivity index (χ2v) is 5.73. The predicted molar refractivity (Wildman–Crippen MR) is 76.5 cm³/mol. The Morgan fingerprint density at radius 3 is 2.67 bits per heavy atom. The van der Waals surface area contributed by atoms with Crippen LogP contribution in [0, 0.1) is 0 Å². The monoisotopic (exact) mass is 271 g/mol. The van der Waals surface area contributed by atoms with Crippen molar-refractivity contribution in [2.75, 3.05) is 11.2 Å². The number of nitrogens with one attached hydrogen (secondary N) is 1. The van der Waals surface area contributed by atoms with Crippen LogP contribution in [0.1, 0.15) is 40.5 Å². The van der Waals surface area contributed by atoms with E-state index in [0.717, 1.165) is 12.8 Å². The van der Waals surface area contributed by atoms with Gasteiger partial charge in [-0.15, -0.1) is 11.6 Å². The molecule has 1 aromatic rings. The van der Waals surface area contributed by atoms with Gasteiger partial charge >= 0.3 is 0 Å². The van der Waals surface area contributed by atoms with Crippen molar-refractivity contribution in [3.8, 4) is 0 Å². The van der Waals surface area contributed by atoms with Crippen molar-refractivity contribution in [2.24, 2.45) is 0 Å². The Morgan fingerprint density at radius 2 is 2.17 bits per heavy atom. The van der Waals surface area contributed by atoms with Crippen molar-refractivity contribution < 1.29 is 0 Å². The SMILES string of the molecule is CCC(CCCl)Nc1nccn(C(C)(C)C)c1=O. The summed E-state index contributed by atoms with van der Waals surface area (Å²) in [7, 11) is 0. The minimum atomic E-state index is -0.245. The van der Waals surface area contributed by atoms with Gasteiger partial charge in [0.15, 0.2) is 5.82 Å². The number of hydrogen-bond donors (Lipinski definition) is 1. The highest BCUT2D eigenvalue weighted by molar-refractivity contribution is 6.17. The molecule has 0 bridgehead atoms. The summed E-state index contributed by atoms with van der Waals surface area (Å²) in [5.74, 6) is 0.982. The van der Waals surface area contributed by atoms with Gasteiger partial charge < -0.3 is 9.88 Å². The van der Waals surface area contributed by atoms with Crippen LogP contribution in [-0.4, -0.2) is 21.5 Å². The smallest absolute Gasteiger partial charge is 0.293 e. The molecule has 0 amide bonds. The number of aromatic nitrogens is 2. The Kier molecular flexibility index (Phi) is 5.20. The molecular weight excluding hydrogens is 250 g/mol. The number of anilines is 1. The summed E-state index contributed by atoms with van der Waals surface area (Å²) < 4.78 is 1.69. The maximum atomic E-state index is 12.3. The molecule has 1 N–H and O–H groups in total. The van der Waals surface area contributed by atoms with Gasteiger partial charge in [-0.1, -0.05) is 6.92 Å². The molecule has 0 aliphatic heterocycles. The maximum Gasteiger partial charge on any atom is 0.293 e. The second-order valence-electron chi connectivity index (χ2n) is 5.35. The average Bonchev–Trinajstić information content (AvgIpc) is 2.29. The molecule has 0 saturated heterocycles. The summed E-state index contributed by atoms with van der Waals surface area (Å²) in [4.78, 5) is 16.4. The Labute approximate surface area is 113 Å². The van der Waals surface area contributed by atoms with Crippen LogP contribution in [-0.2, 0) is 5.54 Å².